The Morgan fingerprint density at radius 1 is 1.15 bits per heavy atom. The van der Waals surface area contributed by atoms with Gasteiger partial charge in [0.05, 0.1) is 10.6 Å². The third-order valence-electron chi connectivity index (χ3n) is 4.15. The molecule has 1 amide bonds. The van der Waals surface area contributed by atoms with Crippen molar-refractivity contribution in [3.63, 3.8) is 0 Å². The van der Waals surface area contributed by atoms with Gasteiger partial charge in [0, 0.05) is 29.3 Å². The zero-order valence-electron chi connectivity index (χ0n) is 15.2. The second-order valence-corrected chi connectivity index (χ2v) is 9.83. The normalized spacial score (nSPS) is 16.9. The molecule has 7 heteroatoms. The summed E-state index contributed by atoms with van der Waals surface area (Å²) >= 11 is 1.65. The number of benzene rings is 2. The van der Waals surface area contributed by atoms with Crippen LogP contribution in [0.4, 0.5) is 11.4 Å². The van der Waals surface area contributed by atoms with Gasteiger partial charge in [-0.1, -0.05) is 13.0 Å². The van der Waals surface area contributed by atoms with Crippen LogP contribution in [0.3, 0.4) is 0 Å². The van der Waals surface area contributed by atoms with Crippen molar-refractivity contribution in [1.82, 2.24) is 0 Å². The van der Waals surface area contributed by atoms with Crippen LogP contribution in [0, 0.1) is 13.8 Å². The van der Waals surface area contributed by atoms with Gasteiger partial charge in [-0.15, -0.1) is 11.8 Å². The third kappa shape index (κ3) is 3.88. The van der Waals surface area contributed by atoms with Gasteiger partial charge in [0.2, 0.25) is 5.91 Å². The maximum Gasteiger partial charge on any atom is 0.261 e. The van der Waals surface area contributed by atoms with Gasteiger partial charge in [-0.3, -0.25) is 9.52 Å². The lowest BCUT2D eigenvalue weighted by Crippen LogP contribution is -2.37. The first-order valence-electron chi connectivity index (χ1n) is 8.35. The molecule has 5 nitrogen and oxygen atoms in total. The summed E-state index contributed by atoms with van der Waals surface area (Å²) in [6.07, 6.45) is 0. The Hall–Kier alpha value is -1.99. The first kappa shape index (κ1) is 18.8. The summed E-state index contributed by atoms with van der Waals surface area (Å²) in [4.78, 5) is 14.7. The van der Waals surface area contributed by atoms with E-state index < -0.39 is 10.0 Å². The topological polar surface area (TPSA) is 66.5 Å². The van der Waals surface area contributed by atoms with Crippen LogP contribution in [0.15, 0.2) is 46.2 Å². The van der Waals surface area contributed by atoms with Crippen LogP contribution >= 0.6 is 11.8 Å². The molecule has 2 aromatic carbocycles. The summed E-state index contributed by atoms with van der Waals surface area (Å²) in [5.41, 5.74) is 3.16. The molecule has 0 aromatic heterocycles. The zero-order valence-corrected chi connectivity index (χ0v) is 16.9. The molecular weight excluding hydrogens is 368 g/mol. The summed E-state index contributed by atoms with van der Waals surface area (Å²) in [7, 11) is -3.74. The highest BCUT2D eigenvalue weighted by Crippen LogP contribution is 2.39. The number of hydrogen-bond acceptors (Lipinski definition) is 4. The van der Waals surface area contributed by atoms with Crippen molar-refractivity contribution in [3.05, 3.63) is 47.5 Å². The standard InChI is InChI=1S/C19H22N2O3S2/c1-12-7-13(2)9-16(8-12)20-26(23,24)17-5-6-19-18(10-17)21(15(4)22)11-14(3)25-19/h5-10,14,20H,11H2,1-4H3. The molecule has 0 bridgehead atoms. The lowest BCUT2D eigenvalue weighted by molar-refractivity contribution is -0.116. The number of nitrogens with one attached hydrogen (secondary N) is 1. The van der Waals surface area contributed by atoms with E-state index in [4.69, 9.17) is 0 Å². The largest absolute Gasteiger partial charge is 0.310 e. The quantitative estimate of drug-likeness (QED) is 0.862. The van der Waals surface area contributed by atoms with Crippen molar-refractivity contribution in [3.8, 4) is 0 Å². The maximum atomic E-state index is 12.8. The van der Waals surface area contributed by atoms with E-state index in [1.165, 1.54) is 6.92 Å². The Labute approximate surface area is 158 Å². The molecule has 138 valence electrons. The number of carbonyl (C=O) groups is 1. The van der Waals surface area contributed by atoms with E-state index in [1.807, 2.05) is 19.9 Å². The van der Waals surface area contributed by atoms with E-state index in [0.717, 1.165) is 16.0 Å². The molecule has 0 fully saturated rings. The average Bonchev–Trinajstić information content (AvgIpc) is 2.51. The number of carbonyl (C=O) groups excluding carboxylic acids is 1. The highest BCUT2D eigenvalue weighted by Gasteiger charge is 2.27. The number of aryl methyl sites for hydroxylation is 2. The fraction of sp³-hybridized carbons (Fsp3) is 0.316. The lowest BCUT2D eigenvalue weighted by atomic mass is 10.1. The molecule has 3 rings (SSSR count). The van der Waals surface area contributed by atoms with E-state index in [9.17, 15) is 13.2 Å². The molecule has 0 saturated carbocycles. The first-order chi connectivity index (χ1) is 12.2. The Morgan fingerprint density at radius 2 is 1.81 bits per heavy atom. The molecule has 1 aliphatic heterocycles. The molecule has 0 aliphatic carbocycles. The molecule has 1 heterocycles. The molecular formula is C19H22N2O3S2. The van der Waals surface area contributed by atoms with Gasteiger partial charge < -0.3 is 4.90 Å². The minimum Gasteiger partial charge on any atom is -0.310 e. The van der Waals surface area contributed by atoms with E-state index in [0.29, 0.717) is 17.9 Å². The van der Waals surface area contributed by atoms with E-state index in [1.54, 1.807) is 47.0 Å². The fourth-order valence-electron chi connectivity index (χ4n) is 3.13. The minimum absolute atomic E-state index is 0.0878. The molecule has 26 heavy (non-hydrogen) atoms. The number of hydrogen-bond donors (Lipinski definition) is 1. The molecule has 0 saturated heterocycles. The molecule has 1 N–H and O–H groups in total. The van der Waals surface area contributed by atoms with Crippen molar-refractivity contribution in [2.24, 2.45) is 0 Å². The van der Waals surface area contributed by atoms with Gasteiger partial charge in [0.15, 0.2) is 0 Å². The number of anilines is 2. The zero-order chi connectivity index (χ0) is 19.1. The predicted molar refractivity (Wildman–Crippen MR) is 107 cm³/mol. The Balaban J connectivity index is 1.98. The Kier molecular flexibility index (Phi) is 5.03. The highest BCUT2D eigenvalue weighted by atomic mass is 32.2. The van der Waals surface area contributed by atoms with Crippen LogP contribution in [-0.2, 0) is 14.8 Å². The fourth-order valence-corrected chi connectivity index (χ4v) is 5.28. The van der Waals surface area contributed by atoms with Crippen LogP contribution in [0.5, 0.6) is 0 Å². The monoisotopic (exact) mass is 390 g/mol. The smallest absolute Gasteiger partial charge is 0.261 e. The van der Waals surface area contributed by atoms with Crippen LogP contribution in [-0.4, -0.2) is 26.1 Å². The Morgan fingerprint density at radius 3 is 2.42 bits per heavy atom. The van der Waals surface area contributed by atoms with Crippen LogP contribution < -0.4 is 9.62 Å². The van der Waals surface area contributed by atoms with Gasteiger partial charge in [-0.2, -0.15) is 0 Å². The molecule has 1 atom stereocenters. The second kappa shape index (κ2) is 6.96. The van der Waals surface area contributed by atoms with Crippen LogP contribution in [0.2, 0.25) is 0 Å². The van der Waals surface area contributed by atoms with Crippen molar-refractivity contribution in [2.75, 3.05) is 16.2 Å². The lowest BCUT2D eigenvalue weighted by Gasteiger charge is -2.32. The number of amides is 1. The molecule has 0 radical (unpaired) electrons. The van der Waals surface area contributed by atoms with Gasteiger partial charge in [-0.25, -0.2) is 8.42 Å². The van der Waals surface area contributed by atoms with E-state index >= 15 is 0 Å². The van der Waals surface area contributed by atoms with Crippen molar-refractivity contribution in [1.29, 1.82) is 0 Å². The van der Waals surface area contributed by atoms with Crippen molar-refractivity contribution >= 4 is 39.1 Å². The van der Waals surface area contributed by atoms with Crippen molar-refractivity contribution in [2.45, 2.75) is 42.7 Å². The summed E-state index contributed by atoms with van der Waals surface area (Å²) in [5.74, 6) is -0.0878. The number of nitrogens with zero attached hydrogens (tertiary/aromatic N) is 1. The minimum atomic E-state index is -3.74. The maximum absolute atomic E-state index is 12.8. The predicted octanol–water partition coefficient (Wildman–Crippen LogP) is 3.95. The highest BCUT2D eigenvalue weighted by molar-refractivity contribution is 8.00. The SMILES string of the molecule is CC(=O)N1CC(C)Sc2ccc(S(=O)(=O)Nc3cc(C)cc(C)c3)cc21. The number of fused-ring (bicyclic) bond motifs is 1. The van der Waals surface area contributed by atoms with Gasteiger partial charge in [-0.05, 0) is 55.3 Å². The van der Waals surface area contributed by atoms with Gasteiger partial charge in [0.1, 0.15) is 0 Å². The average molecular weight is 391 g/mol. The molecule has 1 aliphatic rings. The van der Waals surface area contributed by atoms with Gasteiger partial charge >= 0.3 is 0 Å². The van der Waals surface area contributed by atoms with Crippen molar-refractivity contribution < 1.29 is 13.2 Å². The second-order valence-electron chi connectivity index (χ2n) is 6.67. The molecule has 2 aromatic rings. The third-order valence-corrected chi connectivity index (χ3v) is 6.68. The van der Waals surface area contributed by atoms with Gasteiger partial charge in [0.25, 0.3) is 10.0 Å². The summed E-state index contributed by atoms with van der Waals surface area (Å²) < 4.78 is 28.3. The first-order valence-corrected chi connectivity index (χ1v) is 10.7. The molecule has 0 spiro atoms. The summed E-state index contributed by atoms with van der Waals surface area (Å²) in [6, 6.07) is 10.5. The summed E-state index contributed by atoms with van der Waals surface area (Å²) in [6.45, 7) is 7.97. The molecule has 1 unspecified atom stereocenters. The van der Waals surface area contributed by atoms with E-state index in [-0.39, 0.29) is 16.1 Å². The number of rotatable bonds is 3. The Bertz CT molecular complexity index is 950. The number of thioether (sulfide) groups is 1. The summed E-state index contributed by atoms with van der Waals surface area (Å²) in [5, 5.41) is 0.266. The van der Waals surface area contributed by atoms with Crippen LogP contribution in [0.25, 0.3) is 0 Å². The number of sulfonamides is 1. The van der Waals surface area contributed by atoms with E-state index in [2.05, 4.69) is 11.6 Å². The van der Waals surface area contributed by atoms with Crippen LogP contribution in [0.1, 0.15) is 25.0 Å².